The number of ether oxygens (including phenoxy) is 1. The Labute approximate surface area is 104 Å². The first-order valence-electron chi connectivity index (χ1n) is 7.28. The van der Waals surface area contributed by atoms with Gasteiger partial charge in [0.05, 0.1) is 19.4 Å². The fourth-order valence-electron chi connectivity index (χ4n) is 3.46. The first kappa shape index (κ1) is 11.9. The van der Waals surface area contributed by atoms with Gasteiger partial charge < -0.3 is 4.74 Å². The minimum atomic E-state index is 0.688. The maximum Gasteiger partial charge on any atom is 0.0760 e. The second-order valence-electron chi connectivity index (χ2n) is 5.45. The van der Waals surface area contributed by atoms with Gasteiger partial charge in [0.15, 0.2) is 0 Å². The van der Waals surface area contributed by atoms with Crippen LogP contribution in [0.15, 0.2) is 0 Å². The average Bonchev–Trinajstić information content (AvgIpc) is 2.90. The summed E-state index contributed by atoms with van der Waals surface area (Å²) in [5.41, 5.74) is 0. The number of rotatable bonds is 2. The van der Waals surface area contributed by atoms with E-state index in [0.717, 1.165) is 26.3 Å². The van der Waals surface area contributed by atoms with Crippen molar-refractivity contribution in [3.63, 3.8) is 0 Å². The van der Waals surface area contributed by atoms with E-state index in [1.807, 2.05) is 0 Å². The molecule has 3 fully saturated rings. The Balaban J connectivity index is 1.61. The zero-order valence-electron chi connectivity index (χ0n) is 10.8. The van der Waals surface area contributed by atoms with E-state index in [1.165, 1.54) is 51.7 Å². The van der Waals surface area contributed by atoms with Crippen LogP contribution in [0, 0.1) is 0 Å². The molecule has 0 saturated carbocycles. The van der Waals surface area contributed by atoms with Crippen molar-refractivity contribution in [1.82, 2.24) is 14.9 Å². The molecule has 3 aliphatic rings. The summed E-state index contributed by atoms with van der Waals surface area (Å²) in [4.78, 5) is 2.71. The predicted octanol–water partition coefficient (Wildman–Crippen LogP) is 1.14. The average molecular weight is 239 g/mol. The Morgan fingerprint density at radius 1 is 0.765 bits per heavy atom. The molecule has 0 aromatic heterocycles. The Hall–Kier alpha value is -0.160. The molecule has 0 radical (unpaired) electrons. The number of nitrogens with zero attached hydrogens (tertiary/aromatic N) is 3. The molecule has 0 aliphatic carbocycles. The van der Waals surface area contributed by atoms with Crippen molar-refractivity contribution in [2.45, 2.75) is 38.3 Å². The van der Waals surface area contributed by atoms with Gasteiger partial charge in [0.2, 0.25) is 0 Å². The quantitative estimate of drug-likeness (QED) is 0.719. The molecule has 17 heavy (non-hydrogen) atoms. The molecule has 0 N–H and O–H groups in total. The largest absolute Gasteiger partial charge is 0.379 e. The lowest BCUT2D eigenvalue weighted by Gasteiger charge is -2.43. The van der Waals surface area contributed by atoms with Crippen LogP contribution in [0.3, 0.4) is 0 Å². The fourth-order valence-corrected chi connectivity index (χ4v) is 3.46. The minimum absolute atomic E-state index is 0.688. The molecule has 4 nitrogen and oxygen atoms in total. The van der Waals surface area contributed by atoms with E-state index in [0.29, 0.717) is 6.17 Å². The lowest BCUT2D eigenvalue weighted by molar-refractivity contribution is -0.131. The molecule has 0 aromatic carbocycles. The van der Waals surface area contributed by atoms with Crippen molar-refractivity contribution in [3.8, 4) is 0 Å². The van der Waals surface area contributed by atoms with Gasteiger partial charge >= 0.3 is 0 Å². The van der Waals surface area contributed by atoms with Crippen LogP contribution in [0.4, 0.5) is 0 Å². The standard InChI is InChI=1S/C13H25N3O/c1-2-6-14(7-3-1)13-5-4-8-16(13)15-9-11-17-12-10-15/h13H,1-12H2. The normalized spacial score (nSPS) is 34.2. The van der Waals surface area contributed by atoms with E-state index >= 15 is 0 Å². The molecule has 0 spiro atoms. The molecule has 3 aliphatic heterocycles. The van der Waals surface area contributed by atoms with Crippen LogP contribution in [0.5, 0.6) is 0 Å². The molecule has 1 unspecified atom stereocenters. The summed E-state index contributed by atoms with van der Waals surface area (Å²) in [6.07, 6.45) is 7.63. The smallest absolute Gasteiger partial charge is 0.0760 e. The monoisotopic (exact) mass is 239 g/mol. The van der Waals surface area contributed by atoms with Crippen LogP contribution in [0.2, 0.25) is 0 Å². The third-order valence-electron chi connectivity index (χ3n) is 4.36. The number of hydrogen-bond acceptors (Lipinski definition) is 4. The highest BCUT2D eigenvalue weighted by Crippen LogP contribution is 2.25. The van der Waals surface area contributed by atoms with Gasteiger partial charge in [-0.1, -0.05) is 6.42 Å². The predicted molar refractivity (Wildman–Crippen MR) is 67.5 cm³/mol. The SMILES string of the molecule is C1CCN(C2CCCN2N2CCOCC2)CC1. The van der Waals surface area contributed by atoms with Gasteiger partial charge in [-0.2, -0.15) is 0 Å². The zero-order valence-corrected chi connectivity index (χ0v) is 10.8. The molecule has 4 heteroatoms. The van der Waals surface area contributed by atoms with Crippen molar-refractivity contribution in [3.05, 3.63) is 0 Å². The molecular formula is C13H25N3O. The summed E-state index contributed by atoms with van der Waals surface area (Å²) in [7, 11) is 0. The molecule has 0 aromatic rings. The lowest BCUT2D eigenvalue weighted by atomic mass is 10.1. The van der Waals surface area contributed by atoms with E-state index < -0.39 is 0 Å². The van der Waals surface area contributed by atoms with Crippen LogP contribution in [-0.4, -0.2) is 67.0 Å². The Bertz CT molecular complexity index is 213. The van der Waals surface area contributed by atoms with Crippen LogP contribution >= 0.6 is 0 Å². The molecule has 3 rings (SSSR count). The van der Waals surface area contributed by atoms with E-state index in [1.54, 1.807) is 0 Å². The van der Waals surface area contributed by atoms with Crippen LogP contribution < -0.4 is 0 Å². The van der Waals surface area contributed by atoms with Gasteiger partial charge in [0.25, 0.3) is 0 Å². The number of piperidine rings is 1. The van der Waals surface area contributed by atoms with Crippen molar-refractivity contribution in [2.24, 2.45) is 0 Å². The van der Waals surface area contributed by atoms with Gasteiger partial charge in [-0.3, -0.25) is 4.90 Å². The number of likely N-dealkylation sites (tertiary alicyclic amines) is 1. The highest BCUT2D eigenvalue weighted by molar-refractivity contribution is 4.81. The van der Waals surface area contributed by atoms with Crippen molar-refractivity contribution >= 4 is 0 Å². The van der Waals surface area contributed by atoms with E-state index in [4.69, 9.17) is 4.74 Å². The van der Waals surface area contributed by atoms with Crippen LogP contribution in [0.1, 0.15) is 32.1 Å². The molecular weight excluding hydrogens is 214 g/mol. The van der Waals surface area contributed by atoms with Crippen LogP contribution in [0.25, 0.3) is 0 Å². The van der Waals surface area contributed by atoms with E-state index in [2.05, 4.69) is 14.9 Å². The third-order valence-corrected chi connectivity index (χ3v) is 4.36. The first-order chi connectivity index (χ1) is 8.45. The molecule has 0 amide bonds. The number of morpholine rings is 1. The molecule has 3 saturated heterocycles. The summed E-state index contributed by atoms with van der Waals surface area (Å²) in [6, 6.07) is 0. The van der Waals surface area contributed by atoms with Crippen molar-refractivity contribution in [1.29, 1.82) is 0 Å². The highest BCUT2D eigenvalue weighted by atomic mass is 16.5. The van der Waals surface area contributed by atoms with Crippen molar-refractivity contribution < 1.29 is 4.74 Å². The van der Waals surface area contributed by atoms with E-state index in [-0.39, 0.29) is 0 Å². The zero-order chi connectivity index (χ0) is 11.5. The molecule has 3 heterocycles. The van der Waals surface area contributed by atoms with Crippen LogP contribution in [-0.2, 0) is 4.74 Å². The highest BCUT2D eigenvalue weighted by Gasteiger charge is 2.34. The fraction of sp³-hybridized carbons (Fsp3) is 1.00. The van der Waals surface area contributed by atoms with Gasteiger partial charge in [-0.15, -0.1) is 0 Å². The van der Waals surface area contributed by atoms with Gasteiger partial charge in [0.1, 0.15) is 0 Å². The molecule has 1 atom stereocenters. The maximum atomic E-state index is 5.46. The minimum Gasteiger partial charge on any atom is -0.379 e. The summed E-state index contributed by atoms with van der Waals surface area (Å²) in [6.45, 7) is 7.86. The van der Waals surface area contributed by atoms with E-state index in [9.17, 15) is 0 Å². The summed E-state index contributed by atoms with van der Waals surface area (Å²) in [5, 5.41) is 5.17. The number of hydrazine groups is 1. The Morgan fingerprint density at radius 3 is 2.29 bits per heavy atom. The number of hydrogen-bond donors (Lipinski definition) is 0. The van der Waals surface area contributed by atoms with Crippen molar-refractivity contribution in [2.75, 3.05) is 45.9 Å². The third kappa shape index (κ3) is 2.65. The molecule has 0 bridgehead atoms. The Morgan fingerprint density at radius 2 is 1.53 bits per heavy atom. The van der Waals surface area contributed by atoms with Gasteiger partial charge in [-0.25, -0.2) is 10.0 Å². The summed E-state index contributed by atoms with van der Waals surface area (Å²) < 4.78 is 5.46. The maximum absolute atomic E-state index is 5.46. The summed E-state index contributed by atoms with van der Waals surface area (Å²) >= 11 is 0. The van der Waals surface area contributed by atoms with Gasteiger partial charge in [0, 0.05) is 19.6 Å². The topological polar surface area (TPSA) is 19.0 Å². The second kappa shape index (κ2) is 5.65. The van der Waals surface area contributed by atoms with Gasteiger partial charge in [-0.05, 0) is 38.8 Å². The lowest BCUT2D eigenvalue weighted by Crippen LogP contribution is -2.56. The first-order valence-corrected chi connectivity index (χ1v) is 7.28. The summed E-state index contributed by atoms with van der Waals surface area (Å²) in [5.74, 6) is 0. The second-order valence-corrected chi connectivity index (χ2v) is 5.45. The Kier molecular flexibility index (Phi) is 3.96. The molecule has 98 valence electrons.